The van der Waals surface area contributed by atoms with Crippen molar-refractivity contribution in [1.82, 2.24) is 5.32 Å². The first-order valence-electron chi connectivity index (χ1n) is 7.38. The van der Waals surface area contributed by atoms with Gasteiger partial charge in [-0.05, 0) is 63.5 Å². The molecule has 0 aliphatic heterocycles. The van der Waals surface area contributed by atoms with E-state index in [0.717, 1.165) is 17.9 Å². The Balaban J connectivity index is 1.81. The van der Waals surface area contributed by atoms with Gasteiger partial charge in [0.2, 0.25) is 0 Å². The molecule has 1 atom stereocenters. The zero-order valence-electron chi connectivity index (χ0n) is 12.2. The molecule has 1 fully saturated rings. The molecule has 0 radical (unpaired) electrons. The molecule has 1 heterocycles. The van der Waals surface area contributed by atoms with Crippen molar-refractivity contribution in [3.05, 3.63) is 21.9 Å². The number of aryl methyl sites for hydroxylation is 1. The van der Waals surface area contributed by atoms with Crippen molar-refractivity contribution in [2.24, 2.45) is 11.8 Å². The average molecular weight is 265 g/mol. The minimum absolute atomic E-state index is 0.518. The molecule has 18 heavy (non-hydrogen) atoms. The first-order chi connectivity index (χ1) is 8.56. The van der Waals surface area contributed by atoms with E-state index < -0.39 is 0 Å². The smallest absolute Gasteiger partial charge is 0.0388 e. The SMILES string of the molecule is Cc1ccc(C(C)NC2CCC(C(C)C)CC2)s1. The molecule has 1 N–H and O–H groups in total. The molecule has 1 aliphatic rings. The molecule has 0 saturated heterocycles. The van der Waals surface area contributed by atoms with E-state index in [4.69, 9.17) is 0 Å². The maximum atomic E-state index is 3.82. The monoisotopic (exact) mass is 265 g/mol. The van der Waals surface area contributed by atoms with Gasteiger partial charge in [-0.25, -0.2) is 0 Å². The summed E-state index contributed by atoms with van der Waals surface area (Å²) >= 11 is 1.93. The van der Waals surface area contributed by atoms with Crippen molar-refractivity contribution in [2.45, 2.75) is 65.5 Å². The summed E-state index contributed by atoms with van der Waals surface area (Å²) in [5.74, 6) is 1.82. The zero-order chi connectivity index (χ0) is 13.1. The Morgan fingerprint density at radius 2 is 1.78 bits per heavy atom. The van der Waals surface area contributed by atoms with Crippen molar-refractivity contribution in [3.8, 4) is 0 Å². The van der Waals surface area contributed by atoms with Crippen LogP contribution in [0.5, 0.6) is 0 Å². The molecule has 0 spiro atoms. The van der Waals surface area contributed by atoms with Gasteiger partial charge in [0.25, 0.3) is 0 Å². The highest BCUT2D eigenvalue weighted by Gasteiger charge is 2.24. The summed E-state index contributed by atoms with van der Waals surface area (Å²) in [6, 6.07) is 5.76. The van der Waals surface area contributed by atoms with Crippen molar-refractivity contribution in [2.75, 3.05) is 0 Å². The number of hydrogen-bond donors (Lipinski definition) is 1. The predicted molar refractivity (Wildman–Crippen MR) is 81.2 cm³/mol. The maximum absolute atomic E-state index is 3.82. The number of thiophene rings is 1. The summed E-state index contributed by atoms with van der Waals surface area (Å²) in [6.07, 6.45) is 5.53. The molecule has 1 aromatic heterocycles. The summed E-state index contributed by atoms with van der Waals surface area (Å²) in [4.78, 5) is 2.90. The molecule has 0 aromatic carbocycles. The van der Waals surface area contributed by atoms with Gasteiger partial charge in [0.1, 0.15) is 0 Å². The molecule has 2 heteroatoms. The third-order valence-electron chi connectivity index (χ3n) is 4.39. The predicted octanol–water partition coefficient (Wildman–Crippen LogP) is 4.92. The largest absolute Gasteiger partial charge is 0.307 e. The molecular formula is C16H27NS. The molecule has 1 aliphatic carbocycles. The first kappa shape index (κ1) is 14.1. The van der Waals surface area contributed by atoms with Gasteiger partial charge < -0.3 is 5.32 Å². The summed E-state index contributed by atoms with van der Waals surface area (Å²) in [7, 11) is 0. The highest BCUT2D eigenvalue weighted by atomic mass is 32.1. The van der Waals surface area contributed by atoms with Crippen molar-refractivity contribution in [1.29, 1.82) is 0 Å². The lowest BCUT2D eigenvalue weighted by atomic mass is 9.79. The second-order valence-corrected chi connectivity index (χ2v) is 7.51. The van der Waals surface area contributed by atoms with E-state index in [0.29, 0.717) is 6.04 Å². The van der Waals surface area contributed by atoms with Crippen LogP contribution in [0.3, 0.4) is 0 Å². The van der Waals surface area contributed by atoms with Gasteiger partial charge in [-0.2, -0.15) is 0 Å². The second-order valence-electron chi connectivity index (χ2n) is 6.19. The molecule has 0 amide bonds. The highest BCUT2D eigenvalue weighted by Crippen LogP contribution is 2.31. The minimum Gasteiger partial charge on any atom is -0.307 e. The number of rotatable bonds is 4. The molecule has 0 bridgehead atoms. The Morgan fingerprint density at radius 3 is 2.28 bits per heavy atom. The van der Waals surface area contributed by atoms with Gasteiger partial charge in [-0.3, -0.25) is 0 Å². The van der Waals surface area contributed by atoms with Crippen molar-refractivity contribution in [3.63, 3.8) is 0 Å². The zero-order valence-corrected chi connectivity index (χ0v) is 13.0. The Labute approximate surface area is 116 Å². The first-order valence-corrected chi connectivity index (χ1v) is 8.20. The Kier molecular flexibility index (Phi) is 4.85. The van der Waals surface area contributed by atoms with Crippen LogP contribution in [-0.2, 0) is 0 Å². The fourth-order valence-electron chi connectivity index (χ4n) is 3.07. The minimum atomic E-state index is 0.518. The Bertz CT molecular complexity index is 361. The van der Waals surface area contributed by atoms with E-state index in [1.54, 1.807) is 0 Å². The average Bonchev–Trinajstić information content (AvgIpc) is 2.76. The summed E-state index contributed by atoms with van der Waals surface area (Å²) in [6.45, 7) is 9.24. The lowest BCUT2D eigenvalue weighted by Crippen LogP contribution is -2.35. The third kappa shape index (κ3) is 3.58. The summed E-state index contributed by atoms with van der Waals surface area (Å²) < 4.78 is 0. The van der Waals surface area contributed by atoms with Gasteiger partial charge in [-0.1, -0.05) is 13.8 Å². The van der Waals surface area contributed by atoms with Crippen LogP contribution in [0.1, 0.15) is 62.3 Å². The van der Waals surface area contributed by atoms with Crippen LogP contribution in [0.25, 0.3) is 0 Å². The van der Waals surface area contributed by atoms with E-state index in [1.165, 1.54) is 35.4 Å². The summed E-state index contributed by atoms with van der Waals surface area (Å²) in [5, 5.41) is 3.82. The van der Waals surface area contributed by atoms with E-state index in [-0.39, 0.29) is 0 Å². The van der Waals surface area contributed by atoms with E-state index in [1.807, 2.05) is 11.3 Å². The van der Waals surface area contributed by atoms with E-state index >= 15 is 0 Å². The molecular weight excluding hydrogens is 238 g/mol. The molecule has 2 rings (SSSR count). The molecule has 1 saturated carbocycles. The van der Waals surface area contributed by atoms with Crippen LogP contribution in [-0.4, -0.2) is 6.04 Å². The van der Waals surface area contributed by atoms with E-state index in [9.17, 15) is 0 Å². The maximum Gasteiger partial charge on any atom is 0.0388 e. The number of nitrogens with one attached hydrogen (secondary N) is 1. The lowest BCUT2D eigenvalue weighted by Gasteiger charge is -2.32. The van der Waals surface area contributed by atoms with Crippen LogP contribution in [0.4, 0.5) is 0 Å². The quantitative estimate of drug-likeness (QED) is 0.814. The van der Waals surface area contributed by atoms with Gasteiger partial charge in [0.05, 0.1) is 0 Å². The van der Waals surface area contributed by atoms with Crippen LogP contribution in [0, 0.1) is 18.8 Å². The third-order valence-corrected chi connectivity index (χ3v) is 5.57. The topological polar surface area (TPSA) is 12.0 Å². The van der Waals surface area contributed by atoms with Crippen LogP contribution >= 0.6 is 11.3 Å². The molecule has 1 nitrogen and oxygen atoms in total. The van der Waals surface area contributed by atoms with Gasteiger partial charge in [0.15, 0.2) is 0 Å². The Hall–Kier alpha value is -0.340. The van der Waals surface area contributed by atoms with Gasteiger partial charge in [0, 0.05) is 21.8 Å². The van der Waals surface area contributed by atoms with Crippen molar-refractivity contribution >= 4 is 11.3 Å². The van der Waals surface area contributed by atoms with Gasteiger partial charge >= 0.3 is 0 Å². The molecule has 1 aromatic rings. The molecule has 1 unspecified atom stereocenters. The fourth-order valence-corrected chi connectivity index (χ4v) is 3.96. The molecule has 102 valence electrons. The standard InChI is InChI=1S/C16H27NS/c1-11(2)14-6-8-15(9-7-14)17-13(4)16-10-5-12(3)18-16/h5,10-11,13-15,17H,6-9H2,1-4H3. The highest BCUT2D eigenvalue weighted by molar-refractivity contribution is 7.12. The van der Waals surface area contributed by atoms with Crippen LogP contribution < -0.4 is 5.32 Å². The van der Waals surface area contributed by atoms with Gasteiger partial charge in [-0.15, -0.1) is 11.3 Å². The number of hydrogen-bond acceptors (Lipinski definition) is 2. The fraction of sp³-hybridized carbons (Fsp3) is 0.750. The van der Waals surface area contributed by atoms with Crippen LogP contribution in [0.2, 0.25) is 0 Å². The second kappa shape index (κ2) is 6.21. The Morgan fingerprint density at radius 1 is 1.11 bits per heavy atom. The van der Waals surface area contributed by atoms with Crippen LogP contribution in [0.15, 0.2) is 12.1 Å². The normalized spacial score (nSPS) is 26.5. The summed E-state index contributed by atoms with van der Waals surface area (Å²) in [5.41, 5.74) is 0. The lowest BCUT2D eigenvalue weighted by molar-refractivity contribution is 0.231. The van der Waals surface area contributed by atoms with E-state index in [2.05, 4.69) is 45.1 Å². The van der Waals surface area contributed by atoms with Crippen molar-refractivity contribution < 1.29 is 0 Å².